The summed E-state index contributed by atoms with van der Waals surface area (Å²) in [6, 6.07) is 6.12. The van der Waals surface area contributed by atoms with Crippen LogP contribution in [0.25, 0.3) is 10.9 Å². The number of aromatic nitrogens is 1. The number of fused-ring (bicyclic) bond motifs is 1. The zero-order chi connectivity index (χ0) is 17.8. The van der Waals surface area contributed by atoms with Crippen LogP contribution in [0.1, 0.15) is 29.5 Å². The van der Waals surface area contributed by atoms with Crippen LogP contribution in [0.2, 0.25) is 0 Å². The topological polar surface area (TPSA) is 66.2 Å². The summed E-state index contributed by atoms with van der Waals surface area (Å²) in [4.78, 5) is 15.3. The molecule has 25 heavy (non-hydrogen) atoms. The number of nitrogens with one attached hydrogen (secondary N) is 3. The monoisotopic (exact) mass is 359 g/mol. The number of hydrogen-bond acceptors (Lipinski definition) is 3. The van der Waals surface area contributed by atoms with E-state index in [9.17, 15) is 4.79 Å². The van der Waals surface area contributed by atoms with Crippen LogP contribution in [0.4, 0.5) is 0 Å². The first-order valence-electron chi connectivity index (χ1n) is 8.80. The average Bonchev–Trinajstić information content (AvgIpc) is 3.11. The zero-order valence-corrected chi connectivity index (χ0v) is 15.6. The largest absolute Gasteiger partial charge is 0.376 e. The molecule has 0 unspecified atom stereocenters. The maximum Gasteiger partial charge on any atom is 0.251 e. The van der Waals surface area contributed by atoms with Gasteiger partial charge in [0.05, 0.1) is 11.6 Å². The van der Waals surface area contributed by atoms with Gasteiger partial charge in [-0.05, 0) is 67.9 Å². The van der Waals surface area contributed by atoms with Gasteiger partial charge in [-0.3, -0.25) is 4.79 Å². The van der Waals surface area contributed by atoms with Crippen molar-refractivity contribution in [2.75, 3.05) is 19.7 Å². The van der Waals surface area contributed by atoms with E-state index in [0.717, 1.165) is 48.0 Å². The van der Waals surface area contributed by atoms with Crippen molar-refractivity contribution in [3.63, 3.8) is 0 Å². The van der Waals surface area contributed by atoms with E-state index >= 15 is 0 Å². The SMILES string of the molecule is Cc1ccc2cc(CCNC(=S)NC[C@@H]3CCCO3)c(=O)[nH]c2c1C. The van der Waals surface area contributed by atoms with Gasteiger partial charge in [0.25, 0.3) is 5.56 Å². The van der Waals surface area contributed by atoms with Crippen molar-refractivity contribution >= 4 is 28.2 Å². The quantitative estimate of drug-likeness (QED) is 0.715. The van der Waals surface area contributed by atoms with Gasteiger partial charge in [-0.15, -0.1) is 0 Å². The van der Waals surface area contributed by atoms with Gasteiger partial charge < -0.3 is 20.4 Å². The first-order chi connectivity index (χ1) is 12.0. The van der Waals surface area contributed by atoms with Crippen LogP contribution >= 0.6 is 12.2 Å². The Bertz CT molecular complexity index is 825. The highest BCUT2D eigenvalue weighted by molar-refractivity contribution is 7.80. The molecule has 1 saturated heterocycles. The molecule has 0 saturated carbocycles. The summed E-state index contributed by atoms with van der Waals surface area (Å²) in [6.45, 7) is 6.29. The molecule has 0 bridgehead atoms. The number of benzene rings is 1. The molecular formula is C19H25N3O2S. The lowest BCUT2D eigenvalue weighted by molar-refractivity contribution is 0.114. The summed E-state index contributed by atoms with van der Waals surface area (Å²) in [5.41, 5.74) is 3.97. The second kappa shape index (κ2) is 7.97. The summed E-state index contributed by atoms with van der Waals surface area (Å²) in [5.74, 6) is 0. The minimum absolute atomic E-state index is 0.0266. The third-order valence-corrected chi connectivity index (χ3v) is 5.11. The van der Waals surface area contributed by atoms with Crippen LogP contribution in [0.3, 0.4) is 0 Å². The van der Waals surface area contributed by atoms with Crippen molar-refractivity contribution in [3.05, 3.63) is 45.2 Å². The minimum Gasteiger partial charge on any atom is -0.376 e. The molecule has 3 rings (SSSR count). The van der Waals surface area contributed by atoms with Crippen LogP contribution in [-0.4, -0.2) is 35.9 Å². The molecule has 0 aliphatic carbocycles. The van der Waals surface area contributed by atoms with E-state index in [4.69, 9.17) is 17.0 Å². The number of ether oxygens (including phenoxy) is 1. The fraction of sp³-hybridized carbons (Fsp3) is 0.474. The average molecular weight is 359 g/mol. The van der Waals surface area contributed by atoms with E-state index < -0.39 is 0 Å². The van der Waals surface area contributed by atoms with Gasteiger partial charge in [0.1, 0.15) is 0 Å². The molecule has 1 aromatic heterocycles. The lowest BCUT2D eigenvalue weighted by Crippen LogP contribution is -2.40. The van der Waals surface area contributed by atoms with Crippen LogP contribution in [0, 0.1) is 13.8 Å². The maximum absolute atomic E-state index is 12.3. The van der Waals surface area contributed by atoms with E-state index in [-0.39, 0.29) is 11.7 Å². The Morgan fingerprint density at radius 3 is 2.96 bits per heavy atom. The second-order valence-corrected chi connectivity index (χ2v) is 7.03. The first kappa shape index (κ1) is 17.9. The zero-order valence-electron chi connectivity index (χ0n) is 14.8. The number of rotatable bonds is 5. The summed E-state index contributed by atoms with van der Waals surface area (Å²) < 4.78 is 5.56. The summed E-state index contributed by atoms with van der Waals surface area (Å²) >= 11 is 5.28. The van der Waals surface area contributed by atoms with Crippen LogP contribution in [0.5, 0.6) is 0 Å². The number of aromatic amines is 1. The molecule has 0 amide bonds. The Kier molecular flexibility index (Phi) is 5.71. The van der Waals surface area contributed by atoms with Crippen molar-refractivity contribution in [1.29, 1.82) is 0 Å². The van der Waals surface area contributed by atoms with Crippen molar-refractivity contribution in [1.82, 2.24) is 15.6 Å². The molecule has 1 fully saturated rings. The molecule has 0 radical (unpaired) electrons. The highest BCUT2D eigenvalue weighted by atomic mass is 32.1. The van der Waals surface area contributed by atoms with E-state index in [1.807, 2.05) is 13.0 Å². The lowest BCUT2D eigenvalue weighted by Gasteiger charge is -2.14. The summed E-state index contributed by atoms with van der Waals surface area (Å²) in [7, 11) is 0. The molecule has 5 nitrogen and oxygen atoms in total. The second-order valence-electron chi connectivity index (χ2n) is 6.62. The van der Waals surface area contributed by atoms with Gasteiger partial charge in [-0.2, -0.15) is 0 Å². The highest BCUT2D eigenvalue weighted by Gasteiger charge is 2.15. The Morgan fingerprint density at radius 1 is 1.36 bits per heavy atom. The number of H-pyrrole nitrogens is 1. The molecule has 134 valence electrons. The molecule has 1 aliphatic heterocycles. The van der Waals surface area contributed by atoms with Gasteiger partial charge >= 0.3 is 0 Å². The molecule has 2 aromatic rings. The smallest absolute Gasteiger partial charge is 0.251 e. The molecule has 0 spiro atoms. The van der Waals surface area contributed by atoms with Crippen molar-refractivity contribution < 1.29 is 4.74 Å². The number of pyridine rings is 1. The van der Waals surface area contributed by atoms with E-state index in [1.165, 1.54) is 5.56 Å². The Labute approximate surface area is 153 Å². The van der Waals surface area contributed by atoms with E-state index in [2.05, 4.69) is 34.7 Å². The van der Waals surface area contributed by atoms with Crippen LogP contribution in [0.15, 0.2) is 23.0 Å². The number of aryl methyl sites for hydroxylation is 2. The van der Waals surface area contributed by atoms with E-state index in [1.54, 1.807) is 0 Å². The van der Waals surface area contributed by atoms with Crippen molar-refractivity contribution in [2.24, 2.45) is 0 Å². The number of hydrogen-bond donors (Lipinski definition) is 3. The van der Waals surface area contributed by atoms with Gasteiger partial charge in [-0.1, -0.05) is 12.1 Å². The fourth-order valence-electron chi connectivity index (χ4n) is 3.14. The van der Waals surface area contributed by atoms with Crippen LogP contribution < -0.4 is 16.2 Å². The number of thiocarbonyl (C=S) groups is 1. The van der Waals surface area contributed by atoms with Gasteiger partial charge in [0.15, 0.2) is 5.11 Å². The molecule has 3 N–H and O–H groups in total. The van der Waals surface area contributed by atoms with Gasteiger partial charge in [-0.25, -0.2) is 0 Å². The Balaban J connectivity index is 1.56. The molecular weight excluding hydrogens is 334 g/mol. The summed E-state index contributed by atoms with van der Waals surface area (Å²) in [5, 5.41) is 8.02. The standard InChI is InChI=1S/C19H25N3O2S/c1-12-5-6-14-10-15(18(23)22-17(14)13(12)2)7-8-20-19(25)21-11-16-4-3-9-24-16/h5-6,10,16H,3-4,7-9,11H2,1-2H3,(H,22,23)(H2,20,21,25)/t16-/m0/s1. The molecule has 2 heterocycles. The molecule has 1 aromatic carbocycles. The fourth-order valence-corrected chi connectivity index (χ4v) is 3.33. The predicted octanol–water partition coefficient (Wildman–Crippen LogP) is 2.33. The Morgan fingerprint density at radius 2 is 2.20 bits per heavy atom. The van der Waals surface area contributed by atoms with Crippen LogP contribution in [-0.2, 0) is 11.2 Å². The summed E-state index contributed by atoms with van der Waals surface area (Å²) in [6.07, 6.45) is 3.09. The van der Waals surface area contributed by atoms with Crippen molar-refractivity contribution in [3.8, 4) is 0 Å². The van der Waals surface area contributed by atoms with Gasteiger partial charge in [0, 0.05) is 25.3 Å². The highest BCUT2D eigenvalue weighted by Crippen LogP contribution is 2.18. The third-order valence-electron chi connectivity index (χ3n) is 4.82. The minimum atomic E-state index is -0.0266. The molecule has 6 heteroatoms. The normalized spacial score (nSPS) is 17.0. The van der Waals surface area contributed by atoms with E-state index in [0.29, 0.717) is 18.1 Å². The van der Waals surface area contributed by atoms with Gasteiger partial charge in [0.2, 0.25) is 0 Å². The lowest BCUT2D eigenvalue weighted by atomic mass is 10.0. The van der Waals surface area contributed by atoms with Crippen molar-refractivity contribution in [2.45, 2.75) is 39.2 Å². The first-order valence-corrected chi connectivity index (χ1v) is 9.21. The maximum atomic E-state index is 12.3. The molecule has 1 atom stereocenters. The Hall–Kier alpha value is -1.92. The predicted molar refractivity (Wildman–Crippen MR) is 105 cm³/mol. The third kappa shape index (κ3) is 4.38. The molecule has 1 aliphatic rings.